The molecule has 1 aromatic rings. The normalized spacial score (nSPS) is 13.7. The third kappa shape index (κ3) is 3.96. The number of aliphatic hydroxyl groups is 1. The molecule has 1 aromatic carbocycles. The zero-order valence-corrected chi connectivity index (χ0v) is 10.6. The molecule has 2 atom stereocenters. The minimum atomic E-state index is -1.31. The number of esters is 1. The van der Waals surface area contributed by atoms with Gasteiger partial charge in [0, 0.05) is 12.3 Å². The average molecular weight is 250 g/mol. The van der Waals surface area contributed by atoms with Gasteiger partial charge >= 0.3 is 5.97 Å². The van der Waals surface area contributed by atoms with Crippen molar-refractivity contribution in [2.45, 2.75) is 32.3 Å². The van der Waals surface area contributed by atoms with Crippen molar-refractivity contribution in [2.75, 3.05) is 6.61 Å². The fraction of sp³-hybridized carbons (Fsp3) is 0.429. The fourth-order valence-corrected chi connectivity index (χ4v) is 1.81. The van der Waals surface area contributed by atoms with Crippen LogP contribution in [-0.4, -0.2) is 29.6 Å². The summed E-state index contributed by atoms with van der Waals surface area (Å²) >= 11 is 0. The second-order valence-electron chi connectivity index (χ2n) is 4.12. The van der Waals surface area contributed by atoms with Crippen LogP contribution >= 0.6 is 0 Å². The maximum atomic E-state index is 11.6. The van der Waals surface area contributed by atoms with Crippen molar-refractivity contribution in [3.63, 3.8) is 0 Å². The highest BCUT2D eigenvalue weighted by molar-refractivity contribution is 5.80. The van der Waals surface area contributed by atoms with E-state index in [1.807, 2.05) is 6.07 Å². The maximum Gasteiger partial charge on any atom is 0.335 e. The molecular weight excluding hydrogens is 232 g/mol. The summed E-state index contributed by atoms with van der Waals surface area (Å²) in [5.41, 5.74) is 0.758. The van der Waals surface area contributed by atoms with Gasteiger partial charge in [-0.1, -0.05) is 30.3 Å². The van der Waals surface area contributed by atoms with Crippen LogP contribution < -0.4 is 0 Å². The Labute approximate surface area is 107 Å². The number of carbonyl (C=O) groups excluding carboxylic acids is 2. The Balaban J connectivity index is 2.91. The Morgan fingerprint density at radius 3 is 2.39 bits per heavy atom. The molecule has 4 nitrogen and oxygen atoms in total. The lowest BCUT2D eigenvalue weighted by atomic mass is 9.89. The Morgan fingerprint density at radius 1 is 1.28 bits per heavy atom. The number of hydrogen-bond donors (Lipinski definition) is 1. The van der Waals surface area contributed by atoms with E-state index in [1.165, 1.54) is 6.92 Å². The van der Waals surface area contributed by atoms with Gasteiger partial charge in [0.2, 0.25) is 0 Å². The summed E-state index contributed by atoms with van der Waals surface area (Å²) in [5.74, 6) is -1.32. The summed E-state index contributed by atoms with van der Waals surface area (Å²) in [4.78, 5) is 22.8. The number of Topliss-reactive ketones (excluding diaryl/α,β-unsaturated/α-hetero) is 1. The van der Waals surface area contributed by atoms with E-state index in [4.69, 9.17) is 4.74 Å². The molecule has 1 rings (SSSR count). The molecule has 98 valence electrons. The zero-order valence-electron chi connectivity index (χ0n) is 10.6. The predicted octanol–water partition coefficient (Wildman–Crippen LogP) is 1.67. The lowest BCUT2D eigenvalue weighted by Crippen LogP contribution is -2.31. The number of hydrogen-bond acceptors (Lipinski definition) is 4. The number of carbonyl (C=O) groups is 2. The molecule has 0 saturated heterocycles. The van der Waals surface area contributed by atoms with Gasteiger partial charge in [0.05, 0.1) is 6.61 Å². The van der Waals surface area contributed by atoms with Crippen LogP contribution in [0.5, 0.6) is 0 Å². The molecule has 0 amide bonds. The van der Waals surface area contributed by atoms with Crippen molar-refractivity contribution >= 4 is 11.8 Å². The molecule has 0 aliphatic heterocycles. The topological polar surface area (TPSA) is 63.6 Å². The number of aliphatic hydroxyl groups excluding tert-OH is 1. The molecule has 0 radical (unpaired) electrons. The molecule has 1 N–H and O–H groups in total. The summed E-state index contributed by atoms with van der Waals surface area (Å²) in [6.45, 7) is 3.32. The molecule has 4 heteroatoms. The van der Waals surface area contributed by atoms with Gasteiger partial charge in [-0.05, 0) is 19.4 Å². The molecular formula is C14H18O4. The SMILES string of the molecule is CCOC(=O)[C@H](O)[C@H](CC(C)=O)c1ccccc1. The molecule has 0 saturated carbocycles. The van der Waals surface area contributed by atoms with Gasteiger partial charge < -0.3 is 14.6 Å². The first kappa shape index (κ1) is 14.4. The lowest BCUT2D eigenvalue weighted by molar-refractivity contribution is -0.154. The molecule has 0 spiro atoms. The van der Waals surface area contributed by atoms with Crippen LogP contribution in [0.15, 0.2) is 30.3 Å². The van der Waals surface area contributed by atoms with Crippen LogP contribution in [0, 0.1) is 0 Å². The van der Waals surface area contributed by atoms with Crippen LogP contribution in [-0.2, 0) is 14.3 Å². The van der Waals surface area contributed by atoms with Crippen molar-refractivity contribution in [3.05, 3.63) is 35.9 Å². The summed E-state index contributed by atoms with van der Waals surface area (Å²) in [7, 11) is 0. The third-order valence-corrected chi connectivity index (χ3v) is 2.64. The predicted molar refractivity (Wildman–Crippen MR) is 67.1 cm³/mol. The van der Waals surface area contributed by atoms with E-state index < -0.39 is 18.0 Å². The van der Waals surface area contributed by atoms with Crippen LogP contribution in [0.1, 0.15) is 31.7 Å². The van der Waals surface area contributed by atoms with Crippen molar-refractivity contribution in [2.24, 2.45) is 0 Å². The molecule has 0 bridgehead atoms. The summed E-state index contributed by atoms with van der Waals surface area (Å²) in [5, 5.41) is 9.98. The van der Waals surface area contributed by atoms with Gasteiger partial charge in [-0.3, -0.25) is 0 Å². The van der Waals surface area contributed by atoms with E-state index in [9.17, 15) is 14.7 Å². The van der Waals surface area contributed by atoms with Gasteiger partial charge in [-0.25, -0.2) is 4.79 Å². The third-order valence-electron chi connectivity index (χ3n) is 2.64. The number of benzene rings is 1. The first-order valence-corrected chi connectivity index (χ1v) is 5.95. The summed E-state index contributed by atoms with van der Waals surface area (Å²) in [6.07, 6.45) is -1.19. The molecule has 0 unspecified atom stereocenters. The van der Waals surface area contributed by atoms with Gasteiger partial charge in [-0.2, -0.15) is 0 Å². The van der Waals surface area contributed by atoms with Crippen molar-refractivity contribution < 1.29 is 19.4 Å². The smallest absolute Gasteiger partial charge is 0.335 e. The molecule has 18 heavy (non-hydrogen) atoms. The standard InChI is InChI=1S/C14H18O4/c1-3-18-14(17)13(16)12(9-10(2)15)11-7-5-4-6-8-11/h4-8,12-13,16H,3,9H2,1-2H3/t12-,13-/m1/s1. The Kier molecular flexibility index (Phi) is 5.52. The summed E-state index contributed by atoms with van der Waals surface area (Å²) < 4.78 is 4.79. The van der Waals surface area contributed by atoms with E-state index in [-0.39, 0.29) is 18.8 Å². The maximum absolute atomic E-state index is 11.6. The Hall–Kier alpha value is -1.68. The molecule has 0 heterocycles. The van der Waals surface area contributed by atoms with Crippen molar-refractivity contribution in [1.29, 1.82) is 0 Å². The lowest BCUT2D eigenvalue weighted by Gasteiger charge is -2.20. The van der Waals surface area contributed by atoms with E-state index >= 15 is 0 Å². The van der Waals surface area contributed by atoms with Crippen molar-refractivity contribution in [3.8, 4) is 0 Å². The van der Waals surface area contributed by atoms with E-state index in [0.717, 1.165) is 5.56 Å². The van der Waals surface area contributed by atoms with E-state index in [0.29, 0.717) is 0 Å². The van der Waals surface area contributed by atoms with Gasteiger partial charge in [0.25, 0.3) is 0 Å². The van der Waals surface area contributed by atoms with Crippen LogP contribution in [0.2, 0.25) is 0 Å². The molecule has 0 aromatic heterocycles. The highest BCUT2D eigenvalue weighted by Gasteiger charge is 2.29. The zero-order chi connectivity index (χ0) is 13.5. The number of ketones is 1. The number of ether oxygens (including phenoxy) is 1. The second kappa shape index (κ2) is 6.91. The summed E-state index contributed by atoms with van der Waals surface area (Å²) in [6, 6.07) is 9.03. The van der Waals surface area contributed by atoms with Gasteiger partial charge in [0.15, 0.2) is 6.10 Å². The fourth-order valence-electron chi connectivity index (χ4n) is 1.81. The van der Waals surface area contributed by atoms with Crippen LogP contribution in [0.25, 0.3) is 0 Å². The highest BCUT2D eigenvalue weighted by atomic mass is 16.5. The molecule has 0 aliphatic carbocycles. The van der Waals surface area contributed by atoms with Crippen molar-refractivity contribution in [1.82, 2.24) is 0 Å². The number of rotatable bonds is 6. The molecule has 0 fully saturated rings. The minimum Gasteiger partial charge on any atom is -0.464 e. The second-order valence-corrected chi connectivity index (χ2v) is 4.12. The first-order valence-electron chi connectivity index (χ1n) is 5.95. The quantitative estimate of drug-likeness (QED) is 0.780. The average Bonchev–Trinajstić information content (AvgIpc) is 2.36. The van der Waals surface area contributed by atoms with E-state index in [2.05, 4.69) is 0 Å². The monoisotopic (exact) mass is 250 g/mol. The van der Waals surface area contributed by atoms with Gasteiger partial charge in [-0.15, -0.1) is 0 Å². The van der Waals surface area contributed by atoms with Gasteiger partial charge in [0.1, 0.15) is 5.78 Å². The largest absolute Gasteiger partial charge is 0.464 e. The van der Waals surface area contributed by atoms with E-state index in [1.54, 1.807) is 31.2 Å². The Bertz CT molecular complexity index is 400. The van der Waals surface area contributed by atoms with Crippen LogP contribution in [0.4, 0.5) is 0 Å². The highest BCUT2D eigenvalue weighted by Crippen LogP contribution is 2.24. The first-order chi connectivity index (χ1) is 8.56. The molecule has 0 aliphatic rings. The minimum absolute atomic E-state index is 0.0767. The van der Waals surface area contributed by atoms with Crippen LogP contribution in [0.3, 0.4) is 0 Å². The Morgan fingerprint density at radius 2 is 1.89 bits per heavy atom.